The predicted molar refractivity (Wildman–Crippen MR) is 134 cm³/mol. The van der Waals surface area contributed by atoms with Crippen molar-refractivity contribution in [2.75, 3.05) is 42.1 Å². The van der Waals surface area contributed by atoms with Crippen LogP contribution in [0.5, 0.6) is 0 Å². The summed E-state index contributed by atoms with van der Waals surface area (Å²) in [5.74, 6) is -2.46. The van der Waals surface area contributed by atoms with E-state index in [1.54, 1.807) is 29.2 Å². The normalized spacial score (nSPS) is 16.3. The number of benzene rings is 2. The molecule has 2 N–H and O–H groups in total. The molecule has 3 amide bonds. The van der Waals surface area contributed by atoms with E-state index in [4.69, 9.17) is 0 Å². The third kappa shape index (κ3) is 5.84. The number of amides is 3. The van der Waals surface area contributed by atoms with Crippen molar-refractivity contribution in [1.82, 2.24) is 10.2 Å². The van der Waals surface area contributed by atoms with Gasteiger partial charge in [0.15, 0.2) is 0 Å². The van der Waals surface area contributed by atoms with E-state index in [1.807, 2.05) is 0 Å². The highest BCUT2D eigenvalue weighted by Crippen LogP contribution is 2.31. The Labute approximate surface area is 209 Å². The quantitative estimate of drug-likeness (QED) is 0.591. The summed E-state index contributed by atoms with van der Waals surface area (Å²) >= 11 is 0. The molecule has 0 aromatic heterocycles. The number of piperidine rings is 1. The molecule has 0 saturated carbocycles. The van der Waals surface area contributed by atoms with E-state index < -0.39 is 27.7 Å². The minimum Gasteiger partial charge on any atom is -0.348 e. The topological polar surface area (TPSA) is 116 Å². The van der Waals surface area contributed by atoms with Gasteiger partial charge in [-0.25, -0.2) is 12.8 Å². The van der Waals surface area contributed by atoms with E-state index in [9.17, 15) is 27.2 Å². The highest BCUT2D eigenvalue weighted by Gasteiger charge is 2.27. The Morgan fingerprint density at radius 2 is 1.75 bits per heavy atom. The first-order valence-corrected chi connectivity index (χ1v) is 13.7. The molecule has 2 aliphatic heterocycles. The van der Waals surface area contributed by atoms with Crippen molar-refractivity contribution in [3.05, 3.63) is 59.4 Å². The van der Waals surface area contributed by atoms with Crippen molar-refractivity contribution in [2.24, 2.45) is 5.92 Å². The number of carbonyl (C=O) groups excluding carboxylic acids is 3. The van der Waals surface area contributed by atoms with Gasteiger partial charge in [0.1, 0.15) is 5.82 Å². The monoisotopic (exact) mass is 516 g/mol. The Morgan fingerprint density at radius 1 is 1.03 bits per heavy atom. The number of sulfonamides is 1. The van der Waals surface area contributed by atoms with Gasteiger partial charge in [0.2, 0.25) is 10.0 Å². The standard InChI is InChI=1S/C25H29FN4O5S/c1-36(34,35)30-12-4-5-18-8-9-19(15-22(18)30)28-24(32)23(31)27-16-17-10-13-29(14-11-17)25(33)20-6-2-3-7-21(20)26/h2-3,6-9,15,17H,4-5,10-14,16H2,1H3,(H,27,31)(H,28,32). The third-order valence-electron chi connectivity index (χ3n) is 6.58. The number of nitrogens with zero attached hydrogens (tertiary/aromatic N) is 2. The fourth-order valence-electron chi connectivity index (χ4n) is 4.61. The van der Waals surface area contributed by atoms with Gasteiger partial charge in [-0.05, 0) is 61.4 Å². The van der Waals surface area contributed by atoms with Crippen molar-refractivity contribution in [2.45, 2.75) is 25.7 Å². The van der Waals surface area contributed by atoms with Gasteiger partial charge in [-0.1, -0.05) is 18.2 Å². The number of rotatable bonds is 5. The second-order valence-electron chi connectivity index (χ2n) is 9.16. The fraction of sp³-hybridized carbons (Fsp3) is 0.400. The summed E-state index contributed by atoms with van der Waals surface area (Å²) in [6.07, 6.45) is 3.83. The van der Waals surface area contributed by atoms with Gasteiger partial charge in [0.05, 0.1) is 17.5 Å². The summed E-state index contributed by atoms with van der Waals surface area (Å²) in [6.45, 7) is 1.52. The molecule has 1 fully saturated rings. The van der Waals surface area contributed by atoms with Crippen LogP contribution >= 0.6 is 0 Å². The summed E-state index contributed by atoms with van der Waals surface area (Å²) < 4.78 is 39.4. The van der Waals surface area contributed by atoms with Crippen LogP contribution in [0.4, 0.5) is 15.8 Å². The number of halogens is 1. The first kappa shape index (κ1) is 25.6. The molecule has 2 aromatic rings. The molecular weight excluding hydrogens is 487 g/mol. The highest BCUT2D eigenvalue weighted by atomic mass is 32.2. The number of anilines is 2. The number of hydrogen-bond acceptors (Lipinski definition) is 5. The summed E-state index contributed by atoms with van der Waals surface area (Å²) in [7, 11) is -3.45. The molecule has 2 heterocycles. The Kier molecular flexibility index (Phi) is 7.58. The largest absolute Gasteiger partial charge is 0.348 e. The molecule has 192 valence electrons. The van der Waals surface area contributed by atoms with Gasteiger partial charge in [-0.3, -0.25) is 18.7 Å². The first-order chi connectivity index (χ1) is 17.1. The van der Waals surface area contributed by atoms with E-state index in [0.717, 1.165) is 18.2 Å². The van der Waals surface area contributed by atoms with Crippen molar-refractivity contribution in [3.63, 3.8) is 0 Å². The second-order valence-corrected chi connectivity index (χ2v) is 11.1. The van der Waals surface area contributed by atoms with Crippen molar-refractivity contribution >= 4 is 39.1 Å². The molecule has 2 aromatic carbocycles. The van der Waals surface area contributed by atoms with Crippen molar-refractivity contribution in [1.29, 1.82) is 0 Å². The SMILES string of the molecule is CS(=O)(=O)N1CCCc2ccc(NC(=O)C(=O)NCC3CCN(C(=O)c4ccccc4F)CC3)cc21. The van der Waals surface area contributed by atoms with Crippen LogP contribution in [0.3, 0.4) is 0 Å². The number of carbonyl (C=O) groups is 3. The molecule has 0 bridgehead atoms. The third-order valence-corrected chi connectivity index (χ3v) is 7.76. The van der Waals surface area contributed by atoms with E-state index in [2.05, 4.69) is 10.6 Å². The molecule has 0 spiro atoms. The van der Waals surface area contributed by atoms with Crippen LogP contribution in [0.1, 0.15) is 35.2 Å². The minimum absolute atomic E-state index is 0.0442. The summed E-state index contributed by atoms with van der Waals surface area (Å²) in [6, 6.07) is 10.9. The fourth-order valence-corrected chi connectivity index (χ4v) is 5.60. The molecule has 9 nitrogen and oxygen atoms in total. The Morgan fingerprint density at radius 3 is 2.44 bits per heavy atom. The highest BCUT2D eigenvalue weighted by molar-refractivity contribution is 7.92. The maximum atomic E-state index is 13.9. The second kappa shape index (κ2) is 10.7. The van der Waals surface area contributed by atoms with Crippen LogP contribution < -0.4 is 14.9 Å². The molecule has 2 aliphatic rings. The lowest BCUT2D eigenvalue weighted by atomic mass is 9.96. The molecule has 0 unspecified atom stereocenters. The lowest BCUT2D eigenvalue weighted by Crippen LogP contribution is -2.43. The maximum absolute atomic E-state index is 13.9. The van der Waals surface area contributed by atoms with Gasteiger partial charge >= 0.3 is 11.8 Å². The molecule has 0 radical (unpaired) electrons. The van der Waals surface area contributed by atoms with Crippen LogP contribution in [-0.4, -0.2) is 63.5 Å². The van der Waals surface area contributed by atoms with Crippen LogP contribution in [0, 0.1) is 11.7 Å². The Balaban J connectivity index is 1.27. The smallest absolute Gasteiger partial charge is 0.313 e. The molecule has 0 aliphatic carbocycles. The molecule has 11 heteroatoms. The minimum atomic E-state index is -3.45. The van der Waals surface area contributed by atoms with Gasteiger partial charge in [-0.15, -0.1) is 0 Å². The van der Waals surface area contributed by atoms with E-state index >= 15 is 0 Å². The summed E-state index contributed by atoms with van der Waals surface area (Å²) in [4.78, 5) is 38.9. The first-order valence-electron chi connectivity index (χ1n) is 11.9. The van der Waals surface area contributed by atoms with Crippen molar-refractivity contribution in [3.8, 4) is 0 Å². The van der Waals surface area contributed by atoms with E-state index in [0.29, 0.717) is 50.3 Å². The van der Waals surface area contributed by atoms with Gasteiger partial charge in [0, 0.05) is 31.9 Å². The zero-order chi connectivity index (χ0) is 25.9. The van der Waals surface area contributed by atoms with E-state index in [-0.39, 0.29) is 23.9 Å². The van der Waals surface area contributed by atoms with Gasteiger partial charge < -0.3 is 15.5 Å². The molecule has 4 rings (SSSR count). The molecule has 0 atom stereocenters. The maximum Gasteiger partial charge on any atom is 0.313 e. The van der Waals surface area contributed by atoms with Crippen molar-refractivity contribution < 1.29 is 27.2 Å². The molecular formula is C25H29FN4O5S. The number of likely N-dealkylation sites (tertiary alicyclic amines) is 1. The number of aryl methyl sites for hydroxylation is 1. The summed E-state index contributed by atoms with van der Waals surface area (Å²) in [5.41, 5.74) is 1.76. The Bertz CT molecular complexity index is 1270. The lowest BCUT2D eigenvalue weighted by molar-refractivity contribution is -0.136. The molecule has 1 saturated heterocycles. The van der Waals surface area contributed by atoms with Gasteiger partial charge in [-0.2, -0.15) is 0 Å². The Hall–Kier alpha value is -3.47. The lowest BCUT2D eigenvalue weighted by Gasteiger charge is -2.32. The molecule has 36 heavy (non-hydrogen) atoms. The summed E-state index contributed by atoms with van der Waals surface area (Å²) in [5, 5.41) is 5.17. The zero-order valence-corrected chi connectivity index (χ0v) is 20.8. The number of nitrogens with one attached hydrogen (secondary N) is 2. The van der Waals surface area contributed by atoms with E-state index in [1.165, 1.54) is 22.5 Å². The predicted octanol–water partition coefficient (Wildman–Crippen LogP) is 2.15. The number of fused-ring (bicyclic) bond motifs is 1. The van der Waals surface area contributed by atoms with Crippen LogP contribution in [-0.2, 0) is 26.0 Å². The zero-order valence-electron chi connectivity index (χ0n) is 20.0. The van der Waals surface area contributed by atoms with Crippen LogP contribution in [0.2, 0.25) is 0 Å². The van der Waals surface area contributed by atoms with Gasteiger partial charge in [0.25, 0.3) is 5.91 Å². The average molecular weight is 517 g/mol. The van der Waals surface area contributed by atoms with Crippen LogP contribution in [0.15, 0.2) is 42.5 Å². The van der Waals surface area contributed by atoms with Crippen LogP contribution in [0.25, 0.3) is 0 Å². The average Bonchev–Trinajstić information content (AvgIpc) is 2.86. The number of hydrogen-bond donors (Lipinski definition) is 2.